The zero-order chi connectivity index (χ0) is 24.2. The fourth-order valence-electron chi connectivity index (χ4n) is 3.93. The molecule has 1 aliphatic heterocycles. The van der Waals surface area contributed by atoms with E-state index in [1.54, 1.807) is 74.2 Å². The van der Waals surface area contributed by atoms with Crippen LogP contribution in [0.3, 0.4) is 0 Å². The highest BCUT2D eigenvalue weighted by atomic mass is 35.5. The van der Waals surface area contributed by atoms with Crippen molar-refractivity contribution in [2.75, 3.05) is 17.7 Å². The van der Waals surface area contributed by atoms with E-state index in [1.807, 2.05) is 0 Å². The summed E-state index contributed by atoms with van der Waals surface area (Å²) in [6.07, 6.45) is 4.93. The topological polar surface area (TPSA) is 122 Å². The quantitative estimate of drug-likeness (QED) is 0.525. The number of halogens is 1. The van der Waals surface area contributed by atoms with E-state index in [9.17, 15) is 14.4 Å². The van der Waals surface area contributed by atoms with Crippen LogP contribution in [0.4, 0.5) is 16.3 Å². The molecular weight excluding hydrogens is 456 g/mol. The van der Waals surface area contributed by atoms with E-state index < -0.39 is 23.9 Å². The molecule has 2 atom stereocenters. The van der Waals surface area contributed by atoms with Gasteiger partial charge in [0.2, 0.25) is 5.91 Å². The van der Waals surface area contributed by atoms with E-state index in [-0.39, 0.29) is 18.9 Å². The normalized spacial score (nSPS) is 17.1. The maximum Gasteiger partial charge on any atom is 0.325 e. The van der Waals surface area contributed by atoms with Gasteiger partial charge in [-0.05, 0) is 53.9 Å². The van der Waals surface area contributed by atoms with Gasteiger partial charge in [0, 0.05) is 42.9 Å². The standard InChI is InChI=1S/C24H23ClN6O3/c1-30(18-6-8-27-9-7-18)23(33)21-19(12-15-5-10-28-20(26)13-15)22(32)31(21)24(34)29-14-16-3-2-4-17(25)11-16/h2-11,13,19,21H,12,14H2,1H3,(H2,26,28)(H,29,34)/t19?,21-/m0/s1. The number of nitrogen functional groups attached to an aromatic ring is 1. The molecule has 1 saturated heterocycles. The maximum absolute atomic E-state index is 13.4. The molecule has 174 valence electrons. The molecule has 1 aromatic carbocycles. The van der Waals surface area contributed by atoms with Crippen LogP contribution in [0.1, 0.15) is 11.1 Å². The number of rotatable bonds is 6. The number of pyridine rings is 2. The van der Waals surface area contributed by atoms with Gasteiger partial charge in [0.25, 0.3) is 5.91 Å². The molecule has 34 heavy (non-hydrogen) atoms. The number of urea groups is 1. The lowest BCUT2D eigenvalue weighted by Gasteiger charge is -2.45. The molecule has 4 rings (SSSR count). The van der Waals surface area contributed by atoms with Crippen LogP contribution in [-0.4, -0.2) is 45.8 Å². The van der Waals surface area contributed by atoms with Gasteiger partial charge < -0.3 is 16.0 Å². The maximum atomic E-state index is 13.4. The highest BCUT2D eigenvalue weighted by Gasteiger charge is 2.55. The smallest absolute Gasteiger partial charge is 0.325 e. The number of carbonyl (C=O) groups excluding carboxylic acids is 3. The third kappa shape index (κ3) is 4.84. The van der Waals surface area contributed by atoms with Crippen molar-refractivity contribution in [1.29, 1.82) is 0 Å². The van der Waals surface area contributed by atoms with Crippen LogP contribution in [0.5, 0.6) is 0 Å². The summed E-state index contributed by atoms with van der Waals surface area (Å²) in [5.74, 6) is -1.20. The average Bonchev–Trinajstić information content (AvgIpc) is 2.84. The molecule has 4 amide bonds. The van der Waals surface area contributed by atoms with Gasteiger partial charge in [0.05, 0.1) is 5.92 Å². The molecule has 3 heterocycles. The summed E-state index contributed by atoms with van der Waals surface area (Å²) >= 11 is 6.00. The Bertz CT molecular complexity index is 1210. The second-order valence-electron chi connectivity index (χ2n) is 7.94. The summed E-state index contributed by atoms with van der Waals surface area (Å²) in [5.41, 5.74) is 7.90. The molecule has 1 aliphatic rings. The minimum Gasteiger partial charge on any atom is -0.384 e. The second kappa shape index (κ2) is 9.88. The predicted octanol–water partition coefficient (Wildman–Crippen LogP) is 2.65. The minimum atomic E-state index is -0.973. The molecule has 3 N–H and O–H groups in total. The minimum absolute atomic E-state index is 0.163. The van der Waals surface area contributed by atoms with Gasteiger partial charge in [0.1, 0.15) is 11.9 Å². The Kier molecular flexibility index (Phi) is 6.74. The number of aromatic nitrogens is 2. The first kappa shape index (κ1) is 23.2. The Morgan fingerprint density at radius 2 is 1.88 bits per heavy atom. The fraction of sp³-hybridized carbons (Fsp3) is 0.208. The molecule has 1 fully saturated rings. The molecule has 2 aromatic heterocycles. The molecule has 0 spiro atoms. The van der Waals surface area contributed by atoms with Crippen molar-refractivity contribution < 1.29 is 14.4 Å². The molecule has 10 heteroatoms. The number of anilines is 2. The first-order valence-corrected chi connectivity index (χ1v) is 11.0. The largest absolute Gasteiger partial charge is 0.384 e. The zero-order valence-corrected chi connectivity index (χ0v) is 19.1. The van der Waals surface area contributed by atoms with Crippen LogP contribution in [0.25, 0.3) is 0 Å². The first-order chi connectivity index (χ1) is 16.3. The Balaban J connectivity index is 1.55. The van der Waals surface area contributed by atoms with Crippen molar-refractivity contribution in [3.05, 3.63) is 83.3 Å². The second-order valence-corrected chi connectivity index (χ2v) is 8.38. The lowest BCUT2D eigenvalue weighted by Crippen LogP contribution is -2.70. The number of likely N-dealkylation sites (N-methyl/N-ethyl adjacent to an activating group) is 1. The lowest BCUT2D eigenvalue weighted by molar-refractivity contribution is -0.156. The van der Waals surface area contributed by atoms with Gasteiger partial charge in [-0.2, -0.15) is 0 Å². The molecular formula is C24H23ClN6O3. The van der Waals surface area contributed by atoms with E-state index in [0.717, 1.165) is 16.0 Å². The number of hydrogen-bond acceptors (Lipinski definition) is 6. The monoisotopic (exact) mass is 478 g/mol. The van der Waals surface area contributed by atoms with E-state index in [0.29, 0.717) is 16.5 Å². The van der Waals surface area contributed by atoms with Crippen molar-refractivity contribution >= 4 is 41.0 Å². The molecule has 9 nitrogen and oxygen atoms in total. The third-order valence-electron chi connectivity index (χ3n) is 5.70. The van der Waals surface area contributed by atoms with Crippen molar-refractivity contribution in [2.24, 2.45) is 5.92 Å². The molecule has 0 bridgehead atoms. The number of amides is 4. The molecule has 0 saturated carbocycles. The number of nitrogens with zero attached hydrogens (tertiary/aromatic N) is 4. The summed E-state index contributed by atoms with van der Waals surface area (Å²) in [4.78, 5) is 49.8. The predicted molar refractivity (Wildman–Crippen MR) is 128 cm³/mol. The van der Waals surface area contributed by atoms with Gasteiger partial charge in [-0.3, -0.25) is 19.5 Å². The van der Waals surface area contributed by atoms with Crippen LogP contribution >= 0.6 is 11.6 Å². The zero-order valence-electron chi connectivity index (χ0n) is 18.4. The van der Waals surface area contributed by atoms with E-state index in [2.05, 4.69) is 15.3 Å². The number of nitrogens with one attached hydrogen (secondary N) is 1. The van der Waals surface area contributed by atoms with Crippen molar-refractivity contribution in [1.82, 2.24) is 20.2 Å². The average molecular weight is 479 g/mol. The van der Waals surface area contributed by atoms with Gasteiger partial charge >= 0.3 is 6.03 Å². The first-order valence-electron chi connectivity index (χ1n) is 10.6. The summed E-state index contributed by atoms with van der Waals surface area (Å²) in [6.45, 7) is 0.163. The number of nitrogens with two attached hydrogens (primary N) is 1. The van der Waals surface area contributed by atoms with Crippen molar-refractivity contribution in [2.45, 2.75) is 19.0 Å². The summed E-state index contributed by atoms with van der Waals surface area (Å²) in [7, 11) is 1.60. The number of benzene rings is 1. The number of hydrogen-bond donors (Lipinski definition) is 2. The molecule has 1 unspecified atom stereocenters. The van der Waals surface area contributed by atoms with Crippen LogP contribution < -0.4 is 16.0 Å². The van der Waals surface area contributed by atoms with Crippen molar-refractivity contribution in [3.63, 3.8) is 0 Å². The highest BCUT2D eigenvalue weighted by molar-refractivity contribution is 6.30. The van der Waals surface area contributed by atoms with Gasteiger partial charge in [-0.1, -0.05) is 23.7 Å². The molecule has 0 radical (unpaired) electrons. The SMILES string of the molecule is CN(C(=O)[C@@H]1C(Cc2ccnc(N)c2)C(=O)N1C(=O)NCc1cccc(Cl)c1)c1ccncc1. The van der Waals surface area contributed by atoms with Crippen LogP contribution in [0.2, 0.25) is 5.02 Å². The Hall–Kier alpha value is -3.98. The van der Waals surface area contributed by atoms with E-state index in [4.69, 9.17) is 17.3 Å². The van der Waals surface area contributed by atoms with Gasteiger partial charge in [-0.15, -0.1) is 0 Å². The van der Waals surface area contributed by atoms with Crippen molar-refractivity contribution in [3.8, 4) is 0 Å². The van der Waals surface area contributed by atoms with Gasteiger partial charge in [0.15, 0.2) is 0 Å². The van der Waals surface area contributed by atoms with Crippen LogP contribution in [0.15, 0.2) is 67.1 Å². The Morgan fingerprint density at radius 1 is 1.12 bits per heavy atom. The number of likely N-dealkylation sites (tertiary alicyclic amines) is 1. The Morgan fingerprint density at radius 3 is 2.59 bits per heavy atom. The van der Waals surface area contributed by atoms with Crippen LogP contribution in [-0.2, 0) is 22.6 Å². The Labute approximate surface area is 201 Å². The third-order valence-corrected chi connectivity index (χ3v) is 5.94. The number of β-lactam (4-membered cyclic amide) rings is 1. The summed E-state index contributed by atoms with van der Waals surface area (Å²) in [6, 6.07) is 12.2. The number of imide groups is 1. The van der Waals surface area contributed by atoms with Crippen LogP contribution in [0, 0.1) is 5.92 Å². The molecule has 0 aliphatic carbocycles. The lowest BCUT2D eigenvalue weighted by atomic mass is 9.81. The van der Waals surface area contributed by atoms with Gasteiger partial charge in [-0.25, -0.2) is 9.78 Å². The van der Waals surface area contributed by atoms with E-state index in [1.165, 1.54) is 4.90 Å². The fourth-order valence-corrected chi connectivity index (χ4v) is 4.15. The number of carbonyl (C=O) groups is 3. The van der Waals surface area contributed by atoms with E-state index >= 15 is 0 Å². The highest BCUT2D eigenvalue weighted by Crippen LogP contribution is 2.32. The molecule has 3 aromatic rings. The summed E-state index contributed by atoms with van der Waals surface area (Å²) in [5, 5.41) is 3.25. The summed E-state index contributed by atoms with van der Waals surface area (Å²) < 4.78 is 0.